The van der Waals surface area contributed by atoms with E-state index < -0.39 is 70.5 Å². The molecule has 1 aromatic carbocycles. The van der Waals surface area contributed by atoms with Crippen LogP contribution in [0.15, 0.2) is 24.3 Å². The highest BCUT2D eigenvalue weighted by Crippen LogP contribution is 2.63. The molecule has 2 saturated heterocycles. The van der Waals surface area contributed by atoms with Crippen LogP contribution in [0.25, 0.3) is 0 Å². The van der Waals surface area contributed by atoms with Crippen LogP contribution in [0.2, 0.25) is 0 Å². The first-order chi connectivity index (χ1) is 19.9. The van der Waals surface area contributed by atoms with Gasteiger partial charge in [0.15, 0.2) is 35.9 Å². The first-order valence-electron chi connectivity index (χ1n) is 13.9. The Balaban J connectivity index is 1.39. The van der Waals surface area contributed by atoms with Crippen molar-refractivity contribution in [2.75, 3.05) is 13.6 Å². The first-order valence-corrected chi connectivity index (χ1v) is 14.8. The Labute approximate surface area is 246 Å². The van der Waals surface area contributed by atoms with Crippen LogP contribution in [0.4, 0.5) is 0 Å². The van der Waals surface area contributed by atoms with Gasteiger partial charge in [0.05, 0.1) is 5.25 Å². The Kier molecular flexibility index (Phi) is 7.17. The van der Waals surface area contributed by atoms with Gasteiger partial charge in [0, 0.05) is 43.7 Å². The van der Waals surface area contributed by atoms with Crippen molar-refractivity contribution in [2.45, 2.75) is 86.3 Å². The van der Waals surface area contributed by atoms with Gasteiger partial charge >= 0.3 is 23.9 Å². The molecular formula is C29H33NO11S. The van der Waals surface area contributed by atoms with Crippen LogP contribution in [0.3, 0.4) is 0 Å². The van der Waals surface area contributed by atoms with Gasteiger partial charge in [0.2, 0.25) is 0 Å². The van der Waals surface area contributed by atoms with Gasteiger partial charge in [-0.05, 0) is 38.1 Å². The fourth-order valence-electron chi connectivity index (χ4n) is 7.57. The Morgan fingerprint density at radius 3 is 2.33 bits per heavy atom. The van der Waals surface area contributed by atoms with Gasteiger partial charge in [0.1, 0.15) is 11.5 Å². The number of ether oxygens (including phenoxy) is 5. The minimum absolute atomic E-state index is 0.0641. The van der Waals surface area contributed by atoms with Crippen LogP contribution >= 0.6 is 11.8 Å². The van der Waals surface area contributed by atoms with Gasteiger partial charge in [-0.1, -0.05) is 18.2 Å². The maximum atomic E-state index is 12.3. The molecule has 13 heteroatoms. The Morgan fingerprint density at radius 1 is 1.00 bits per heavy atom. The van der Waals surface area contributed by atoms with Crippen molar-refractivity contribution in [1.82, 2.24) is 4.90 Å². The molecule has 3 aliphatic heterocycles. The largest absolute Gasteiger partial charge is 0.504 e. The van der Waals surface area contributed by atoms with E-state index in [-0.39, 0.29) is 17.7 Å². The highest BCUT2D eigenvalue weighted by Gasteiger charge is 2.65. The lowest BCUT2D eigenvalue weighted by Gasteiger charge is -2.57. The smallest absolute Gasteiger partial charge is 0.336 e. The minimum Gasteiger partial charge on any atom is -0.504 e. The number of likely N-dealkylation sites (N-methyl/N-ethyl adjacent to an activating group) is 1. The number of aromatic hydroxyl groups is 1. The normalized spacial score (nSPS) is 37.7. The molecule has 3 heterocycles. The summed E-state index contributed by atoms with van der Waals surface area (Å²) < 4.78 is 28.9. The number of carbonyl (C=O) groups excluding carboxylic acids is 3. The maximum Gasteiger partial charge on any atom is 0.336 e. The van der Waals surface area contributed by atoms with Gasteiger partial charge in [0.25, 0.3) is 0 Å². The van der Waals surface area contributed by atoms with E-state index in [0.717, 1.165) is 44.4 Å². The zero-order valence-corrected chi connectivity index (χ0v) is 24.4. The van der Waals surface area contributed by atoms with Gasteiger partial charge in [-0.15, -0.1) is 11.8 Å². The van der Waals surface area contributed by atoms with E-state index in [0.29, 0.717) is 5.75 Å². The molecule has 2 aliphatic carbocycles. The summed E-state index contributed by atoms with van der Waals surface area (Å²) in [5.74, 6) is -3.09. The number of thioether (sulfide) groups is 1. The molecule has 6 rings (SSSR count). The number of phenolic OH excluding ortho intramolecular Hbond substituents is 1. The van der Waals surface area contributed by atoms with Gasteiger partial charge in [-0.2, -0.15) is 0 Å². The van der Waals surface area contributed by atoms with Crippen LogP contribution in [-0.4, -0.2) is 99.8 Å². The number of carboxylic acid groups (broad SMARTS) is 1. The second kappa shape index (κ2) is 10.5. The van der Waals surface area contributed by atoms with Crippen molar-refractivity contribution in [2.24, 2.45) is 5.92 Å². The van der Waals surface area contributed by atoms with Crippen molar-refractivity contribution in [3.05, 3.63) is 35.4 Å². The summed E-state index contributed by atoms with van der Waals surface area (Å²) in [6.45, 7) is 4.21. The molecule has 2 N–H and O–H groups in total. The highest BCUT2D eigenvalue weighted by molar-refractivity contribution is 8.00. The SMILES string of the molecule is CC(=O)OC1C(SC2C=C[C@H]3[C@H]4Cc5ccc(O)c6c5[C@@]3(CCN4C)[C@H]2O6)OC(C(=O)O)C(OC(C)=O)C1OC(C)=O. The first kappa shape index (κ1) is 28.8. The number of carboxylic acids is 1. The molecule has 0 aromatic heterocycles. The van der Waals surface area contributed by atoms with E-state index in [4.69, 9.17) is 23.7 Å². The van der Waals surface area contributed by atoms with Crippen LogP contribution in [0.1, 0.15) is 38.3 Å². The number of aliphatic carboxylic acids is 1. The fraction of sp³-hybridized carbons (Fsp3) is 0.586. The van der Waals surface area contributed by atoms with Crippen LogP contribution in [0, 0.1) is 5.92 Å². The van der Waals surface area contributed by atoms with E-state index in [1.54, 1.807) is 6.07 Å². The third-order valence-corrected chi connectivity index (χ3v) is 10.4. The summed E-state index contributed by atoms with van der Waals surface area (Å²) in [4.78, 5) is 50.9. The third kappa shape index (κ3) is 4.44. The lowest BCUT2D eigenvalue weighted by molar-refractivity contribution is -0.234. The molecule has 5 aliphatic rings. The molecule has 1 spiro atoms. The summed E-state index contributed by atoms with van der Waals surface area (Å²) in [5, 5.41) is 20.4. The standard InChI is InChI=1S/C29H33NO11S/c1-12(31)37-22-23(38-13(2)32)25(39-14(3)33)28(41-24(22)27(35)36)42-19-8-6-16-17-11-15-5-7-18(34)21-20(15)29(16,26(19)40-21)9-10-30(17)4/h5-8,16-17,19,22-26,28,34H,9-11H2,1-4H3,(H,35,36)/t16-,17+,19?,22?,23?,24?,25?,26-,28?,29-/m0/s1. The molecule has 6 unspecified atom stereocenters. The molecule has 42 heavy (non-hydrogen) atoms. The number of hydrogen-bond acceptors (Lipinski definition) is 12. The van der Waals surface area contributed by atoms with Gasteiger partial charge in [-0.25, -0.2) is 4.79 Å². The molecule has 0 saturated carbocycles. The topological polar surface area (TPSA) is 158 Å². The lowest BCUT2D eigenvalue weighted by Crippen LogP contribution is -2.65. The van der Waals surface area contributed by atoms with Crippen molar-refractivity contribution >= 4 is 35.6 Å². The predicted octanol–water partition coefficient (Wildman–Crippen LogP) is 1.54. The van der Waals surface area contributed by atoms with E-state index >= 15 is 0 Å². The number of nitrogens with zero attached hydrogens (tertiary/aromatic N) is 1. The predicted molar refractivity (Wildman–Crippen MR) is 146 cm³/mol. The van der Waals surface area contributed by atoms with E-state index in [9.17, 15) is 29.4 Å². The summed E-state index contributed by atoms with van der Waals surface area (Å²) in [6.07, 6.45) is -0.683. The number of hydrogen-bond donors (Lipinski definition) is 2. The average molecular weight is 604 g/mol. The average Bonchev–Trinajstić information content (AvgIpc) is 3.26. The number of rotatable bonds is 6. The molecule has 2 fully saturated rings. The molecule has 1 aromatic rings. The Morgan fingerprint density at radius 2 is 1.67 bits per heavy atom. The number of phenols is 1. The van der Waals surface area contributed by atoms with E-state index in [1.165, 1.54) is 18.7 Å². The molecule has 10 atom stereocenters. The van der Waals surface area contributed by atoms with Crippen LogP contribution in [-0.2, 0) is 50.0 Å². The Bertz CT molecular complexity index is 1370. The highest BCUT2D eigenvalue weighted by atomic mass is 32.2. The number of piperidine rings is 1. The zero-order chi connectivity index (χ0) is 30.1. The molecule has 0 radical (unpaired) electrons. The van der Waals surface area contributed by atoms with E-state index in [1.807, 2.05) is 12.1 Å². The van der Waals surface area contributed by atoms with Gasteiger partial charge in [-0.3, -0.25) is 14.4 Å². The quantitative estimate of drug-likeness (QED) is 0.274. The summed E-state index contributed by atoms with van der Waals surface area (Å²) in [6, 6.07) is 3.86. The molecule has 0 amide bonds. The molecule has 2 bridgehead atoms. The van der Waals surface area contributed by atoms with Crippen molar-refractivity contribution in [3.8, 4) is 11.5 Å². The van der Waals surface area contributed by atoms with Crippen molar-refractivity contribution in [3.63, 3.8) is 0 Å². The van der Waals surface area contributed by atoms with E-state index in [2.05, 4.69) is 18.0 Å². The maximum absolute atomic E-state index is 12.3. The molecular weight excluding hydrogens is 570 g/mol. The fourth-order valence-corrected chi connectivity index (χ4v) is 9.06. The molecule has 12 nitrogen and oxygen atoms in total. The van der Waals surface area contributed by atoms with Gasteiger partial charge < -0.3 is 38.8 Å². The monoisotopic (exact) mass is 603 g/mol. The molecule has 226 valence electrons. The lowest BCUT2D eigenvalue weighted by atomic mass is 9.53. The number of esters is 3. The zero-order valence-electron chi connectivity index (χ0n) is 23.6. The third-order valence-electron chi connectivity index (χ3n) is 9.07. The van der Waals surface area contributed by atoms with Crippen LogP contribution < -0.4 is 4.74 Å². The summed E-state index contributed by atoms with van der Waals surface area (Å²) in [7, 11) is 2.11. The number of likely N-dealkylation sites (tertiary alicyclic amines) is 1. The van der Waals surface area contributed by atoms with Crippen molar-refractivity contribution in [1.29, 1.82) is 0 Å². The second-order valence-corrected chi connectivity index (χ2v) is 12.8. The van der Waals surface area contributed by atoms with Crippen LogP contribution in [0.5, 0.6) is 11.5 Å². The minimum atomic E-state index is -1.71. The van der Waals surface area contributed by atoms with Crippen molar-refractivity contribution < 1.29 is 53.1 Å². The summed E-state index contributed by atoms with van der Waals surface area (Å²) in [5.41, 5.74) is 0.585. The Hall–Kier alpha value is -3.29. The summed E-state index contributed by atoms with van der Waals surface area (Å²) >= 11 is 1.19. The second-order valence-electron chi connectivity index (χ2n) is 11.5. The number of benzene rings is 1. The number of carbonyl (C=O) groups is 4.